The van der Waals surface area contributed by atoms with Crippen LogP contribution < -0.4 is 5.73 Å². The topological polar surface area (TPSA) is 43.1 Å². The Balaban J connectivity index is 2.45. The molecule has 0 saturated heterocycles. The summed E-state index contributed by atoms with van der Waals surface area (Å²) in [5, 5.41) is 3.80. The molecule has 2 nitrogen and oxygen atoms in total. The van der Waals surface area contributed by atoms with Gasteiger partial charge in [-0.25, -0.2) is 0 Å². The zero-order chi connectivity index (χ0) is 11.5. The van der Waals surface area contributed by atoms with Crippen LogP contribution in [0.15, 0.2) is 16.8 Å². The molecule has 1 unspecified atom stereocenters. The number of nitrogens with two attached hydrogens (primary N) is 1. The minimum Gasteiger partial charge on any atom is -0.327 e. The van der Waals surface area contributed by atoms with Crippen LogP contribution in [0.5, 0.6) is 0 Å². The average molecular weight is 225 g/mol. The van der Waals surface area contributed by atoms with Gasteiger partial charge in [0.25, 0.3) is 0 Å². The lowest BCUT2D eigenvalue weighted by atomic mass is 9.86. The fourth-order valence-electron chi connectivity index (χ4n) is 1.64. The van der Waals surface area contributed by atoms with Crippen molar-refractivity contribution in [3.8, 4) is 0 Å². The van der Waals surface area contributed by atoms with Crippen molar-refractivity contribution in [2.45, 2.75) is 39.7 Å². The summed E-state index contributed by atoms with van der Waals surface area (Å²) in [6.45, 7) is 6.42. The van der Waals surface area contributed by atoms with Crippen molar-refractivity contribution in [2.24, 2.45) is 11.1 Å². The van der Waals surface area contributed by atoms with Gasteiger partial charge in [-0.15, -0.1) is 0 Å². The van der Waals surface area contributed by atoms with Gasteiger partial charge < -0.3 is 5.73 Å². The number of thiophene rings is 1. The minimum atomic E-state index is -0.0302. The molecule has 3 heteroatoms. The number of hydrogen-bond acceptors (Lipinski definition) is 3. The van der Waals surface area contributed by atoms with Gasteiger partial charge in [-0.3, -0.25) is 4.79 Å². The number of carbonyl (C=O) groups excluding carboxylic acids is 1. The Kier molecular flexibility index (Phi) is 4.05. The molecule has 0 aliphatic heterocycles. The maximum absolute atomic E-state index is 11.7. The van der Waals surface area contributed by atoms with Gasteiger partial charge in [0, 0.05) is 23.4 Å². The Morgan fingerprint density at radius 2 is 2.20 bits per heavy atom. The third kappa shape index (κ3) is 4.58. The summed E-state index contributed by atoms with van der Waals surface area (Å²) >= 11 is 1.55. The summed E-state index contributed by atoms with van der Waals surface area (Å²) in [5.41, 5.74) is 6.93. The van der Waals surface area contributed by atoms with Gasteiger partial charge >= 0.3 is 0 Å². The Bertz CT molecular complexity index is 311. The first-order valence-corrected chi connectivity index (χ1v) is 6.14. The third-order valence-electron chi connectivity index (χ3n) is 2.17. The Morgan fingerprint density at radius 1 is 1.53 bits per heavy atom. The van der Waals surface area contributed by atoms with Crippen molar-refractivity contribution in [1.82, 2.24) is 0 Å². The molecule has 15 heavy (non-hydrogen) atoms. The maximum atomic E-state index is 11.7. The summed E-state index contributed by atoms with van der Waals surface area (Å²) in [6.07, 6.45) is 1.33. The van der Waals surface area contributed by atoms with Crippen LogP contribution in [-0.2, 0) is 0 Å². The largest absolute Gasteiger partial charge is 0.327 e. The molecule has 0 fully saturated rings. The van der Waals surface area contributed by atoms with E-state index in [-0.39, 0.29) is 17.2 Å². The molecular weight excluding hydrogens is 206 g/mol. The molecule has 1 rings (SSSR count). The summed E-state index contributed by atoms with van der Waals surface area (Å²) in [7, 11) is 0. The van der Waals surface area contributed by atoms with Crippen molar-refractivity contribution in [3.63, 3.8) is 0 Å². The van der Waals surface area contributed by atoms with Gasteiger partial charge in [0.05, 0.1) is 0 Å². The number of rotatable bonds is 4. The highest BCUT2D eigenvalue weighted by Gasteiger charge is 2.18. The third-order valence-corrected chi connectivity index (χ3v) is 2.85. The lowest BCUT2D eigenvalue weighted by Crippen LogP contribution is -2.28. The van der Waals surface area contributed by atoms with E-state index in [4.69, 9.17) is 5.73 Å². The lowest BCUT2D eigenvalue weighted by molar-refractivity contribution is 0.0968. The van der Waals surface area contributed by atoms with Crippen molar-refractivity contribution >= 4 is 17.1 Å². The SMILES string of the molecule is CC(C)(C)CC(N)CC(=O)c1ccsc1. The van der Waals surface area contributed by atoms with Gasteiger partial charge in [0.2, 0.25) is 0 Å². The Labute approximate surface area is 95.5 Å². The van der Waals surface area contributed by atoms with Crippen LogP contribution in [0.1, 0.15) is 44.0 Å². The molecule has 1 atom stereocenters. The fourth-order valence-corrected chi connectivity index (χ4v) is 2.30. The molecule has 0 aromatic carbocycles. The second kappa shape index (κ2) is 4.90. The van der Waals surface area contributed by atoms with E-state index in [1.807, 2.05) is 16.8 Å². The molecule has 0 aliphatic rings. The minimum absolute atomic E-state index is 0.0302. The molecule has 0 bridgehead atoms. The molecule has 1 aromatic heterocycles. The highest BCUT2D eigenvalue weighted by Crippen LogP contribution is 2.22. The first-order chi connectivity index (χ1) is 6.88. The van der Waals surface area contributed by atoms with E-state index in [9.17, 15) is 4.79 Å². The van der Waals surface area contributed by atoms with E-state index in [0.717, 1.165) is 12.0 Å². The van der Waals surface area contributed by atoms with E-state index < -0.39 is 0 Å². The molecule has 0 aliphatic carbocycles. The fraction of sp³-hybridized carbons (Fsp3) is 0.583. The van der Waals surface area contributed by atoms with E-state index in [1.54, 1.807) is 11.3 Å². The van der Waals surface area contributed by atoms with Crippen LogP contribution in [0.2, 0.25) is 0 Å². The second-order valence-corrected chi connectivity index (χ2v) is 5.94. The Hall–Kier alpha value is -0.670. The van der Waals surface area contributed by atoms with Crippen LogP contribution in [-0.4, -0.2) is 11.8 Å². The quantitative estimate of drug-likeness (QED) is 0.800. The maximum Gasteiger partial charge on any atom is 0.165 e. The van der Waals surface area contributed by atoms with Gasteiger partial charge in [-0.1, -0.05) is 20.8 Å². The Morgan fingerprint density at radius 3 is 2.67 bits per heavy atom. The van der Waals surface area contributed by atoms with Crippen LogP contribution in [0, 0.1) is 5.41 Å². The summed E-state index contributed by atoms with van der Waals surface area (Å²) in [6, 6.07) is 1.83. The number of ketones is 1. The highest BCUT2D eigenvalue weighted by atomic mass is 32.1. The van der Waals surface area contributed by atoms with Crippen molar-refractivity contribution in [2.75, 3.05) is 0 Å². The average Bonchev–Trinajstić information content (AvgIpc) is 2.50. The summed E-state index contributed by atoms with van der Waals surface area (Å²) in [4.78, 5) is 11.7. The first-order valence-electron chi connectivity index (χ1n) is 5.19. The normalized spacial score (nSPS) is 13.9. The van der Waals surface area contributed by atoms with Gasteiger partial charge in [0.1, 0.15) is 0 Å². The van der Waals surface area contributed by atoms with Gasteiger partial charge in [-0.05, 0) is 23.3 Å². The van der Waals surface area contributed by atoms with E-state index in [2.05, 4.69) is 20.8 Å². The molecule has 2 N–H and O–H groups in total. The zero-order valence-electron chi connectivity index (χ0n) is 9.62. The predicted molar refractivity (Wildman–Crippen MR) is 65.3 cm³/mol. The van der Waals surface area contributed by atoms with Crippen LogP contribution >= 0.6 is 11.3 Å². The molecular formula is C12H19NOS. The summed E-state index contributed by atoms with van der Waals surface area (Å²) in [5.74, 6) is 0.160. The van der Waals surface area contributed by atoms with Crippen molar-refractivity contribution in [1.29, 1.82) is 0 Å². The molecule has 1 aromatic rings. The molecule has 0 amide bonds. The van der Waals surface area contributed by atoms with Crippen molar-refractivity contribution < 1.29 is 4.79 Å². The highest BCUT2D eigenvalue weighted by molar-refractivity contribution is 7.08. The standard InChI is InChI=1S/C12H19NOS/c1-12(2,3)7-10(13)6-11(14)9-4-5-15-8-9/h4-5,8,10H,6-7,13H2,1-3H3. The van der Waals surface area contributed by atoms with Crippen LogP contribution in [0.3, 0.4) is 0 Å². The molecule has 0 saturated carbocycles. The number of Topliss-reactive ketones (excluding diaryl/α,β-unsaturated/α-hetero) is 1. The predicted octanol–water partition coefficient (Wildman–Crippen LogP) is 3.08. The van der Waals surface area contributed by atoms with Crippen molar-refractivity contribution in [3.05, 3.63) is 22.4 Å². The zero-order valence-corrected chi connectivity index (χ0v) is 10.4. The summed E-state index contributed by atoms with van der Waals surface area (Å²) < 4.78 is 0. The second-order valence-electron chi connectivity index (χ2n) is 5.16. The molecule has 0 spiro atoms. The number of hydrogen-bond donors (Lipinski definition) is 1. The smallest absolute Gasteiger partial charge is 0.165 e. The lowest BCUT2D eigenvalue weighted by Gasteiger charge is -2.22. The van der Waals surface area contributed by atoms with Gasteiger partial charge in [0.15, 0.2) is 5.78 Å². The van der Waals surface area contributed by atoms with Crippen LogP contribution in [0.4, 0.5) is 0 Å². The van der Waals surface area contributed by atoms with Gasteiger partial charge in [-0.2, -0.15) is 11.3 Å². The monoisotopic (exact) mass is 225 g/mol. The number of carbonyl (C=O) groups is 1. The molecule has 0 radical (unpaired) electrons. The van der Waals surface area contributed by atoms with E-state index in [0.29, 0.717) is 6.42 Å². The van der Waals surface area contributed by atoms with E-state index in [1.165, 1.54) is 0 Å². The van der Waals surface area contributed by atoms with Crippen LogP contribution in [0.25, 0.3) is 0 Å². The first kappa shape index (κ1) is 12.4. The van der Waals surface area contributed by atoms with E-state index >= 15 is 0 Å². The molecule has 84 valence electrons. The molecule has 1 heterocycles.